The summed E-state index contributed by atoms with van der Waals surface area (Å²) in [5.74, 6) is -0.242. The first-order valence-electron chi connectivity index (χ1n) is 10.3. The molecule has 2 aliphatic carbocycles. The van der Waals surface area contributed by atoms with E-state index in [4.69, 9.17) is 23.2 Å². The minimum atomic E-state index is -0.835. The fourth-order valence-corrected chi connectivity index (χ4v) is 6.84. The number of fused-ring (bicyclic) bond motifs is 3. The van der Waals surface area contributed by atoms with Crippen LogP contribution in [0.15, 0.2) is 24.8 Å². The van der Waals surface area contributed by atoms with Crippen molar-refractivity contribution in [3.63, 3.8) is 0 Å². The predicted molar refractivity (Wildman–Crippen MR) is 116 cm³/mol. The summed E-state index contributed by atoms with van der Waals surface area (Å²) < 4.78 is 1.49. The van der Waals surface area contributed by atoms with Crippen LogP contribution in [0, 0.1) is 11.3 Å². The number of Topliss-reactive ketones (excluding diaryl/α,β-unsaturated/α-hetero) is 1. The summed E-state index contributed by atoms with van der Waals surface area (Å²) in [6.45, 7) is 5.81. The monoisotopic (exact) mass is 448 g/mol. The van der Waals surface area contributed by atoms with E-state index in [1.807, 2.05) is 19.9 Å². The highest BCUT2D eigenvalue weighted by molar-refractivity contribution is 6.36. The van der Waals surface area contributed by atoms with Crippen LogP contribution in [0.4, 0.5) is 0 Å². The van der Waals surface area contributed by atoms with E-state index in [2.05, 4.69) is 11.9 Å². The zero-order valence-electron chi connectivity index (χ0n) is 17.4. The van der Waals surface area contributed by atoms with E-state index in [0.717, 1.165) is 23.1 Å². The number of rotatable bonds is 3. The van der Waals surface area contributed by atoms with E-state index in [-0.39, 0.29) is 36.6 Å². The van der Waals surface area contributed by atoms with Crippen molar-refractivity contribution in [2.75, 3.05) is 6.61 Å². The van der Waals surface area contributed by atoms with Crippen molar-refractivity contribution in [3.8, 4) is 0 Å². The summed E-state index contributed by atoms with van der Waals surface area (Å²) in [6, 6.07) is 1.91. The van der Waals surface area contributed by atoms with Crippen LogP contribution in [0.3, 0.4) is 0 Å². The standard InChI is InChI=1S/C23H26Cl2N2O3/c1-13(11-28)19-17(24)8-16-15(20(19)25)4-5-18-22(16,2)9-14(29)10-23(18,3)21(30)27-7-6-26-12-27/h6-8,12-13,18,28H,4-5,9-11H2,1-3H3. The lowest BCUT2D eigenvalue weighted by Crippen LogP contribution is -2.56. The van der Waals surface area contributed by atoms with Crippen LogP contribution in [-0.2, 0) is 16.6 Å². The van der Waals surface area contributed by atoms with Gasteiger partial charge in [-0.1, -0.05) is 37.0 Å². The second kappa shape index (κ2) is 7.47. The second-order valence-corrected chi connectivity index (χ2v) is 10.1. The Balaban J connectivity index is 1.86. The number of benzene rings is 1. The molecule has 5 nitrogen and oxygen atoms in total. The summed E-state index contributed by atoms with van der Waals surface area (Å²) in [6.07, 6.45) is 6.75. The molecule has 1 N–H and O–H groups in total. The van der Waals surface area contributed by atoms with E-state index >= 15 is 0 Å². The molecule has 4 atom stereocenters. The molecule has 0 saturated heterocycles. The zero-order valence-corrected chi connectivity index (χ0v) is 18.9. The fourth-order valence-electron chi connectivity index (χ4n) is 5.91. The number of carbonyl (C=O) groups excluding carboxylic acids is 2. The van der Waals surface area contributed by atoms with Gasteiger partial charge in [-0.3, -0.25) is 14.2 Å². The molecular formula is C23H26Cl2N2O3. The molecule has 160 valence electrons. The topological polar surface area (TPSA) is 72.2 Å². The lowest BCUT2D eigenvalue weighted by atomic mass is 9.49. The molecule has 1 fully saturated rings. The number of aliphatic hydroxyl groups excluding tert-OH is 1. The molecule has 1 saturated carbocycles. The molecule has 0 aliphatic heterocycles. The second-order valence-electron chi connectivity index (χ2n) is 9.29. The number of ketones is 1. The summed E-state index contributed by atoms with van der Waals surface area (Å²) in [5.41, 5.74) is 1.32. The first-order chi connectivity index (χ1) is 14.1. The zero-order chi connectivity index (χ0) is 21.8. The fraction of sp³-hybridized carbons (Fsp3) is 0.522. The number of aromatic nitrogens is 2. The van der Waals surface area contributed by atoms with Crippen molar-refractivity contribution in [1.82, 2.24) is 9.55 Å². The van der Waals surface area contributed by atoms with Crippen LogP contribution in [-0.4, -0.2) is 33.0 Å². The van der Waals surface area contributed by atoms with E-state index in [9.17, 15) is 14.7 Å². The highest BCUT2D eigenvalue weighted by atomic mass is 35.5. The molecule has 1 aromatic carbocycles. The van der Waals surface area contributed by atoms with Crippen molar-refractivity contribution in [2.24, 2.45) is 11.3 Å². The SMILES string of the molecule is CC(CO)c1c(Cl)cc2c(c1Cl)CCC1C(C)(C(=O)n3ccnc3)CC(=O)CC21C. The van der Waals surface area contributed by atoms with Crippen molar-refractivity contribution in [1.29, 1.82) is 0 Å². The number of hydrogen-bond acceptors (Lipinski definition) is 4. The van der Waals surface area contributed by atoms with Crippen LogP contribution in [0.2, 0.25) is 10.0 Å². The Morgan fingerprint density at radius 2 is 2.10 bits per heavy atom. The maximum Gasteiger partial charge on any atom is 0.238 e. The minimum Gasteiger partial charge on any atom is -0.396 e. The van der Waals surface area contributed by atoms with Gasteiger partial charge in [-0.2, -0.15) is 0 Å². The van der Waals surface area contributed by atoms with E-state index < -0.39 is 10.8 Å². The number of nitrogens with zero attached hydrogens (tertiary/aromatic N) is 2. The molecule has 30 heavy (non-hydrogen) atoms. The first-order valence-corrected chi connectivity index (χ1v) is 11.1. The van der Waals surface area contributed by atoms with Gasteiger partial charge < -0.3 is 5.11 Å². The van der Waals surface area contributed by atoms with Gasteiger partial charge in [0, 0.05) is 53.2 Å². The predicted octanol–water partition coefficient (Wildman–Crippen LogP) is 4.82. The van der Waals surface area contributed by atoms with Gasteiger partial charge >= 0.3 is 0 Å². The van der Waals surface area contributed by atoms with Gasteiger partial charge in [0.05, 0.1) is 5.41 Å². The molecule has 1 heterocycles. The molecule has 2 aliphatic rings. The third-order valence-corrected chi connectivity index (χ3v) is 8.06. The Bertz CT molecular complexity index is 1020. The van der Waals surface area contributed by atoms with Gasteiger partial charge in [-0.25, -0.2) is 4.98 Å². The highest BCUT2D eigenvalue weighted by Gasteiger charge is 2.58. The molecule has 2 aromatic rings. The largest absolute Gasteiger partial charge is 0.396 e. The van der Waals surface area contributed by atoms with Gasteiger partial charge in [0.2, 0.25) is 5.91 Å². The Labute approximate surface area is 186 Å². The van der Waals surface area contributed by atoms with Crippen molar-refractivity contribution in [2.45, 2.75) is 57.8 Å². The maximum atomic E-state index is 13.4. The van der Waals surface area contributed by atoms with E-state index in [1.165, 1.54) is 10.9 Å². The number of aliphatic hydroxyl groups is 1. The molecule has 0 amide bonds. The molecule has 0 radical (unpaired) electrons. The number of hydrogen-bond donors (Lipinski definition) is 1. The quantitative estimate of drug-likeness (QED) is 0.730. The molecule has 7 heteroatoms. The summed E-state index contributed by atoms with van der Waals surface area (Å²) in [5, 5.41) is 10.7. The Morgan fingerprint density at radius 1 is 1.37 bits per heavy atom. The van der Waals surface area contributed by atoms with Gasteiger partial charge in [0.1, 0.15) is 12.1 Å². The number of carbonyl (C=O) groups is 2. The van der Waals surface area contributed by atoms with Crippen molar-refractivity contribution >= 4 is 34.9 Å². The van der Waals surface area contributed by atoms with Gasteiger partial charge in [0.15, 0.2) is 0 Å². The lowest BCUT2D eigenvalue weighted by Gasteiger charge is -2.54. The molecule has 4 unspecified atom stereocenters. The normalized spacial score (nSPS) is 29.3. The van der Waals surface area contributed by atoms with Crippen LogP contribution >= 0.6 is 23.2 Å². The smallest absolute Gasteiger partial charge is 0.238 e. The van der Waals surface area contributed by atoms with Gasteiger partial charge in [0.25, 0.3) is 0 Å². The van der Waals surface area contributed by atoms with Gasteiger partial charge in [-0.05, 0) is 48.4 Å². The summed E-state index contributed by atoms with van der Waals surface area (Å²) in [4.78, 5) is 30.4. The minimum absolute atomic E-state index is 0.0293. The summed E-state index contributed by atoms with van der Waals surface area (Å²) in [7, 11) is 0. The number of imidazole rings is 1. The molecule has 4 rings (SSSR count). The number of halogens is 2. The summed E-state index contributed by atoms with van der Waals surface area (Å²) >= 11 is 13.4. The molecule has 1 aromatic heterocycles. The Kier molecular flexibility index (Phi) is 5.36. The van der Waals surface area contributed by atoms with Gasteiger partial charge in [-0.15, -0.1) is 0 Å². The third kappa shape index (κ3) is 3.05. The highest BCUT2D eigenvalue weighted by Crippen LogP contribution is 2.58. The third-order valence-electron chi connectivity index (χ3n) is 7.31. The molecular weight excluding hydrogens is 423 g/mol. The van der Waals surface area contributed by atoms with Crippen molar-refractivity contribution < 1.29 is 14.7 Å². The van der Waals surface area contributed by atoms with E-state index in [1.54, 1.807) is 12.4 Å². The van der Waals surface area contributed by atoms with Crippen molar-refractivity contribution in [3.05, 3.63) is 51.5 Å². The molecule has 0 spiro atoms. The first kappa shape index (κ1) is 21.5. The van der Waals surface area contributed by atoms with E-state index in [0.29, 0.717) is 22.9 Å². The lowest BCUT2D eigenvalue weighted by molar-refractivity contribution is -0.128. The van der Waals surface area contributed by atoms with Crippen LogP contribution in [0.1, 0.15) is 67.4 Å². The average Bonchev–Trinajstić information content (AvgIpc) is 3.21. The Morgan fingerprint density at radius 3 is 2.73 bits per heavy atom. The molecule has 0 bridgehead atoms. The van der Waals surface area contributed by atoms with Crippen LogP contribution < -0.4 is 0 Å². The Hall–Kier alpha value is -1.69. The average molecular weight is 449 g/mol. The maximum absolute atomic E-state index is 13.4. The van der Waals surface area contributed by atoms with Crippen LogP contribution in [0.25, 0.3) is 0 Å². The van der Waals surface area contributed by atoms with Crippen LogP contribution in [0.5, 0.6) is 0 Å².